The Labute approximate surface area is 117 Å². The fourth-order valence-corrected chi connectivity index (χ4v) is 2.49. The molecule has 2 nitrogen and oxygen atoms in total. The van der Waals surface area contributed by atoms with Crippen LogP contribution in [0.15, 0.2) is 36.4 Å². The Morgan fingerprint density at radius 2 is 2.05 bits per heavy atom. The van der Waals surface area contributed by atoms with Gasteiger partial charge in [-0.1, -0.05) is 6.07 Å². The maximum Gasteiger partial charge on any atom is 0.159 e. The third-order valence-electron chi connectivity index (χ3n) is 3.59. The second-order valence-corrected chi connectivity index (χ2v) is 5.03. The highest BCUT2D eigenvalue weighted by Crippen LogP contribution is 2.31. The average molecular weight is 270 g/mol. The van der Waals surface area contributed by atoms with E-state index in [4.69, 9.17) is 4.74 Å². The molecule has 1 heterocycles. The van der Waals surface area contributed by atoms with Crippen molar-refractivity contribution in [3.05, 3.63) is 53.3 Å². The van der Waals surface area contributed by atoms with Crippen LogP contribution in [0.1, 0.15) is 29.3 Å². The van der Waals surface area contributed by atoms with Gasteiger partial charge in [-0.3, -0.25) is 4.79 Å². The Balaban J connectivity index is 2.08. The van der Waals surface area contributed by atoms with Crippen molar-refractivity contribution < 1.29 is 13.9 Å². The third-order valence-corrected chi connectivity index (χ3v) is 3.59. The molecule has 1 aliphatic heterocycles. The number of benzene rings is 2. The van der Waals surface area contributed by atoms with Crippen molar-refractivity contribution in [2.45, 2.75) is 19.8 Å². The molecule has 102 valence electrons. The Morgan fingerprint density at radius 3 is 2.85 bits per heavy atom. The molecule has 0 atom stereocenters. The minimum absolute atomic E-state index is 0.0625. The lowest BCUT2D eigenvalue weighted by Gasteiger charge is -2.18. The molecule has 2 aromatic carbocycles. The Bertz CT molecular complexity index is 677. The van der Waals surface area contributed by atoms with Crippen molar-refractivity contribution in [2.24, 2.45) is 0 Å². The molecule has 0 fully saturated rings. The molecule has 0 aromatic heterocycles. The van der Waals surface area contributed by atoms with Gasteiger partial charge in [-0.2, -0.15) is 0 Å². The Hall–Kier alpha value is -2.16. The van der Waals surface area contributed by atoms with Crippen LogP contribution in [0.3, 0.4) is 0 Å². The summed E-state index contributed by atoms with van der Waals surface area (Å²) in [6.07, 6.45) is 1.92. The van der Waals surface area contributed by atoms with Crippen LogP contribution in [-0.4, -0.2) is 12.4 Å². The summed E-state index contributed by atoms with van der Waals surface area (Å²) < 4.78 is 19.6. The van der Waals surface area contributed by atoms with Crippen LogP contribution in [0.5, 0.6) is 5.75 Å². The molecule has 0 radical (unpaired) electrons. The topological polar surface area (TPSA) is 26.3 Å². The van der Waals surface area contributed by atoms with Gasteiger partial charge in [0.2, 0.25) is 0 Å². The summed E-state index contributed by atoms with van der Waals surface area (Å²) in [6.45, 7) is 2.22. The molecule has 0 aliphatic carbocycles. The van der Waals surface area contributed by atoms with E-state index in [1.807, 2.05) is 18.2 Å². The number of Topliss-reactive ketones (excluding diaryl/α,β-unsaturated/α-hetero) is 1. The SMILES string of the molecule is CC(=O)c1ccc(F)c(-c2ccc3c(c2)CCCO3)c1. The smallest absolute Gasteiger partial charge is 0.159 e. The van der Waals surface area contributed by atoms with Crippen molar-refractivity contribution >= 4 is 5.78 Å². The molecule has 0 spiro atoms. The summed E-state index contributed by atoms with van der Waals surface area (Å²) in [6, 6.07) is 10.2. The summed E-state index contributed by atoms with van der Waals surface area (Å²) >= 11 is 0. The lowest BCUT2D eigenvalue weighted by Crippen LogP contribution is -2.08. The predicted octanol–water partition coefficient (Wildman–Crippen LogP) is 4.02. The zero-order valence-electron chi connectivity index (χ0n) is 11.3. The zero-order chi connectivity index (χ0) is 14.1. The number of carbonyl (C=O) groups is 1. The molecule has 0 saturated heterocycles. The highest BCUT2D eigenvalue weighted by molar-refractivity contribution is 5.95. The zero-order valence-corrected chi connectivity index (χ0v) is 11.3. The van der Waals surface area contributed by atoms with Crippen LogP contribution in [0.25, 0.3) is 11.1 Å². The number of ketones is 1. The van der Waals surface area contributed by atoms with Crippen molar-refractivity contribution in [1.29, 1.82) is 0 Å². The molecule has 0 saturated carbocycles. The number of rotatable bonds is 2. The van der Waals surface area contributed by atoms with Gasteiger partial charge in [-0.15, -0.1) is 0 Å². The largest absolute Gasteiger partial charge is 0.493 e. The van der Waals surface area contributed by atoms with Gasteiger partial charge >= 0.3 is 0 Å². The normalized spacial score (nSPS) is 13.5. The van der Waals surface area contributed by atoms with E-state index in [1.165, 1.54) is 19.1 Å². The number of hydrogen-bond donors (Lipinski definition) is 0. The van der Waals surface area contributed by atoms with Gasteiger partial charge < -0.3 is 4.74 Å². The van der Waals surface area contributed by atoms with E-state index >= 15 is 0 Å². The highest BCUT2D eigenvalue weighted by Gasteiger charge is 2.14. The molecule has 20 heavy (non-hydrogen) atoms. The molecular formula is C17H15FO2. The van der Waals surface area contributed by atoms with Crippen LogP contribution in [0.2, 0.25) is 0 Å². The molecule has 0 unspecified atom stereocenters. The first-order valence-electron chi connectivity index (χ1n) is 6.72. The predicted molar refractivity (Wildman–Crippen MR) is 75.7 cm³/mol. The summed E-state index contributed by atoms with van der Waals surface area (Å²) in [5.74, 6) is 0.502. The number of ether oxygens (including phenoxy) is 1. The van der Waals surface area contributed by atoms with E-state index in [1.54, 1.807) is 6.07 Å². The van der Waals surface area contributed by atoms with Gasteiger partial charge in [0.15, 0.2) is 5.78 Å². The summed E-state index contributed by atoms with van der Waals surface area (Å²) in [5.41, 5.74) is 2.87. The maximum atomic E-state index is 14.0. The fraction of sp³-hybridized carbons (Fsp3) is 0.235. The maximum absolute atomic E-state index is 14.0. The third kappa shape index (κ3) is 2.31. The highest BCUT2D eigenvalue weighted by atomic mass is 19.1. The standard InChI is InChI=1S/C17H15FO2/c1-11(19)12-4-6-16(18)15(10-12)13-5-7-17-14(9-13)3-2-8-20-17/h4-7,9-10H,2-3,8H2,1H3. The van der Waals surface area contributed by atoms with Crippen molar-refractivity contribution in [2.75, 3.05) is 6.61 Å². The van der Waals surface area contributed by atoms with Crippen LogP contribution in [-0.2, 0) is 6.42 Å². The second kappa shape index (κ2) is 5.08. The fourth-order valence-electron chi connectivity index (χ4n) is 2.49. The number of aryl methyl sites for hydroxylation is 1. The minimum Gasteiger partial charge on any atom is -0.493 e. The van der Waals surface area contributed by atoms with Crippen molar-refractivity contribution in [3.63, 3.8) is 0 Å². The van der Waals surface area contributed by atoms with Gasteiger partial charge in [0.25, 0.3) is 0 Å². The van der Waals surface area contributed by atoms with E-state index in [9.17, 15) is 9.18 Å². The van der Waals surface area contributed by atoms with E-state index in [-0.39, 0.29) is 11.6 Å². The van der Waals surface area contributed by atoms with Crippen LogP contribution >= 0.6 is 0 Å². The monoisotopic (exact) mass is 270 g/mol. The summed E-state index contributed by atoms with van der Waals surface area (Å²) in [7, 11) is 0. The molecule has 0 amide bonds. The summed E-state index contributed by atoms with van der Waals surface area (Å²) in [5, 5.41) is 0. The average Bonchev–Trinajstić information content (AvgIpc) is 2.47. The van der Waals surface area contributed by atoms with Gasteiger partial charge in [-0.05, 0) is 61.2 Å². The molecule has 0 bridgehead atoms. The number of carbonyl (C=O) groups excluding carboxylic acids is 1. The molecule has 3 heteroatoms. The molecule has 1 aliphatic rings. The molecule has 3 rings (SSSR count). The summed E-state index contributed by atoms with van der Waals surface area (Å²) in [4.78, 5) is 11.4. The molecule has 2 aromatic rings. The first-order valence-corrected chi connectivity index (χ1v) is 6.72. The van der Waals surface area contributed by atoms with E-state index in [2.05, 4.69) is 0 Å². The number of hydrogen-bond acceptors (Lipinski definition) is 2. The Kier molecular flexibility index (Phi) is 3.26. The Morgan fingerprint density at radius 1 is 1.20 bits per heavy atom. The van der Waals surface area contributed by atoms with Crippen LogP contribution < -0.4 is 4.74 Å². The molecular weight excluding hydrogens is 255 g/mol. The number of fused-ring (bicyclic) bond motifs is 1. The van der Waals surface area contributed by atoms with Gasteiger partial charge in [0, 0.05) is 11.1 Å². The van der Waals surface area contributed by atoms with Crippen LogP contribution in [0, 0.1) is 5.82 Å². The van der Waals surface area contributed by atoms with Gasteiger partial charge in [0.1, 0.15) is 11.6 Å². The minimum atomic E-state index is -0.313. The van der Waals surface area contributed by atoms with Crippen LogP contribution in [0.4, 0.5) is 4.39 Å². The van der Waals surface area contributed by atoms with E-state index < -0.39 is 0 Å². The van der Waals surface area contributed by atoms with Gasteiger partial charge in [0.05, 0.1) is 6.61 Å². The number of halogens is 1. The molecule has 0 N–H and O–H groups in total. The van der Waals surface area contributed by atoms with Crippen molar-refractivity contribution in [1.82, 2.24) is 0 Å². The van der Waals surface area contributed by atoms with E-state index in [0.717, 1.165) is 36.3 Å². The van der Waals surface area contributed by atoms with Crippen molar-refractivity contribution in [3.8, 4) is 16.9 Å². The first kappa shape index (κ1) is 12.9. The lowest BCUT2D eigenvalue weighted by atomic mass is 9.97. The van der Waals surface area contributed by atoms with Gasteiger partial charge in [-0.25, -0.2) is 4.39 Å². The first-order chi connectivity index (χ1) is 9.65. The quantitative estimate of drug-likeness (QED) is 0.770. The second-order valence-electron chi connectivity index (χ2n) is 5.03. The van der Waals surface area contributed by atoms with E-state index in [0.29, 0.717) is 11.1 Å². The lowest BCUT2D eigenvalue weighted by molar-refractivity contribution is 0.101.